The number of hydrogen-bond acceptors (Lipinski definition) is 5. The smallest absolute Gasteiger partial charge is 0.315 e. The van der Waals surface area contributed by atoms with E-state index in [0.717, 1.165) is 36.3 Å². The number of nitrogens with two attached hydrogens (primary N) is 1. The summed E-state index contributed by atoms with van der Waals surface area (Å²) in [4.78, 5) is 6.93. The lowest BCUT2D eigenvalue weighted by molar-refractivity contribution is 0.532. The molecule has 3 aromatic carbocycles. The van der Waals surface area contributed by atoms with Crippen molar-refractivity contribution in [1.29, 1.82) is 0 Å². The van der Waals surface area contributed by atoms with E-state index >= 15 is 0 Å². The van der Waals surface area contributed by atoms with Crippen molar-refractivity contribution in [1.82, 2.24) is 19.6 Å². The molecule has 32 heavy (non-hydrogen) atoms. The van der Waals surface area contributed by atoms with Crippen LogP contribution in [0.15, 0.2) is 60.7 Å². The fourth-order valence-electron chi connectivity index (χ4n) is 4.67. The first-order valence-corrected chi connectivity index (χ1v) is 10.7. The van der Waals surface area contributed by atoms with Crippen LogP contribution in [0.25, 0.3) is 27.8 Å². The maximum atomic E-state index is 14.4. The Morgan fingerprint density at radius 2 is 1.84 bits per heavy atom. The zero-order valence-electron chi connectivity index (χ0n) is 17.6. The maximum absolute atomic E-state index is 14.4. The molecule has 0 radical (unpaired) electrons. The predicted octanol–water partition coefficient (Wildman–Crippen LogP) is 5.06. The number of rotatable bonds is 2. The summed E-state index contributed by atoms with van der Waals surface area (Å²) in [6, 6.07) is 20.5. The van der Waals surface area contributed by atoms with Gasteiger partial charge in [0.15, 0.2) is 0 Å². The molecule has 2 N–H and O–H groups in total. The molecule has 158 valence electrons. The van der Waals surface area contributed by atoms with Crippen LogP contribution >= 0.6 is 0 Å². The van der Waals surface area contributed by atoms with Gasteiger partial charge in [-0.3, -0.25) is 0 Å². The van der Waals surface area contributed by atoms with Gasteiger partial charge in [0.05, 0.1) is 5.52 Å². The van der Waals surface area contributed by atoms with Crippen molar-refractivity contribution in [2.45, 2.75) is 19.8 Å². The van der Waals surface area contributed by atoms with Crippen LogP contribution in [-0.2, 0) is 6.42 Å². The topological polar surface area (TPSA) is 72.3 Å². The van der Waals surface area contributed by atoms with Gasteiger partial charge in [-0.2, -0.15) is 9.37 Å². The quantitative estimate of drug-likeness (QED) is 0.401. The Morgan fingerprint density at radius 1 is 1.00 bits per heavy atom. The molecule has 0 fully saturated rings. The van der Waals surface area contributed by atoms with Crippen LogP contribution in [0.1, 0.15) is 17.5 Å². The lowest BCUT2D eigenvalue weighted by Gasteiger charge is -2.32. The highest BCUT2D eigenvalue weighted by Gasteiger charge is 2.25. The Morgan fingerprint density at radius 3 is 2.69 bits per heavy atom. The van der Waals surface area contributed by atoms with Crippen LogP contribution in [0, 0.1) is 13.0 Å². The fraction of sp³-hybridized carbons (Fsp3) is 0.160. The Bertz CT molecular complexity index is 1490. The maximum Gasteiger partial charge on any atom is 0.315 e. The minimum atomic E-state index is -0.699. The minimum Gasteiger partial charge on any atom is -0.399 e. The zero-order valence-corrected chi connectivity index (χ0v) is 17.6. The number of halogens is 1. The van der Waals surface area contributed by atoms with Gasteiger partial charge in [0.2, 0.25) is 0 Å². The van der Waals surface area contributed by atoms with Crippen molar-refractivity contribution in [2.75, 3.05) is 17.2 Å². The van der Waals surface area contributed by atoms with Gasteiger partial charge in [-0.15, -0.1) is 5.10 Å². The SMILES string of the molecule is Cc1ccc(-c2cccc3c2CCCN3c2nc3nnc(F)n3c3cc(N)ccc23)cc1. The molecule has 6 nitrogen and oxygen atoms in total. The molecular formula is C25H21FN6. The number of nitrogens with zero attached hydrogens (tertiary/aromatic N) is 5. The van der Waals surface area contributed by atoms with Crippen LogP contribution in [0.4, 0.5) is 21.6 Å². The van der Waals surface area contributed by atoms with Gasteiger partial charge in [-0.1, -0.05) is 47.1 Å². The average Bonchev–Trinajstić information content (AvgIpc) is 3.19. The lowest BCUT2D eigenvalue weighted by Crippen LogP contribution is -2.26. The molecule has 5 aromatic rings. The first kappa shape index (κ1) is 18.7. The minimum absolute atomic E-state index is 0.220. The van der Waals surface area contributed by atoms with Crippen molar-refractivity contribution in [2.24, 2.45) is 0 Å². The molecule has 0 saturated carbocycles. The molecule has 0 bridgehead atoms. The Hall–Kier alpha value is -4.00. The molecule has 3 heterocycles. The number of anilines is 3. The van der Waals surface area contributed by atoms with E-state index in [-0.39, 0.29) is 5.78 Å². The highest BCUT2D eigenvalue weighted by atomic mass is 19.1. The fourth-order valence-corrected chi connectivity index (χ4v) is 4.67. The van der Waals surface area contributed by atoms with E-state index in [1.54, 1.807) is 6.07 Å². The average molecular weight is 424 g/mol. The molecule has 0 spiro atoms. The normalized spacial score (nSPS) is 13.6. The van der Waals surface area contributed by atoms with E-state index in [1.165, 1.54) is 26.7 Å². The molecule has 1 aliphatic heterocycles. The van der Waals surface area contributed by atoms with E-state index in [2.05, 4.69) is 64.5 Å². The van der Waals surface area contributed by atoms with Gasteiger partial charge < -0.3 is 10.6 Å². The molecule has 2 aromatic heterocycles. The number of nitrogen functional groups attached to an aromatic ring is 1. The molecule has 6 rings (SSSR count). The summed E-state index contributed by atoms with van der Waals surface area (Å²) in [5.74, 6) is 0.958. The van der Waals surface area contributed by atoms with Crippen LogP contribution in [0.2, 0.25) is 0 Å². The van der Waals surface area contributed by atoms with Crippen molar-refractivity contribution in [3.8, 4) is 11.1 Å². The third kappa shape index (κ3) is 2.81. The number of hydrogen-bond donors (Lipinski definition) is 1. The molecule has 0 unspecified atom stereocenters. The largest absolute Gasteiger partial charge is 0.399 e. The lowest BCUT2D eigenvalue weighted by atomic mass is 9.91. The van der Waals surface area contributed by atoms with Crippen molar-refractivity contribution >= 4 is 33.9 Å². The molecule has 1 aliphatic rings. The number of fused-ring (bicyclic) bond motifs is 4. The van der Waals surface area contributed by atoms with Gasteiger partial charge in [-0.25, -0.2) is 4.40 Å². The van der Waals surface area contributed by atoms with Crippen LogP contribution < -0.4 is 10.6 Å². The highest BCUT2D eigenvalue weighted by molar-refractivity contribution is 5.96. The zero-order chi connectivity index (χ0) is 21.8. The van der Waals surface area contributed by atoms with Crippen molar-refractivity contribution in [3.05, 3.63) is 77.9 Å². The van der Waals surface area contributed by atoms with Gasteiger partial charge in [0.1, 0.15) is 5.82 Å². The van der Waals surface area contributed by atoms with Gasteiger partial charge in [0.25, 0.3) is 5.78 Å². The predicted molar refractivity (Wildman–Crippen MR) is 125 cm³/mol. The van der Waals surface area contributed by atoms with Crippen molar-refractivity contribution in [3.63, 3.8) is 0 Å². The van der Waals surface area contributed by atoms with Crippen molar-refractivity contribution < 1.29 is 4.39 Å². The molecule has 7 heteroatoms. The second-order valence-corrected chi connectivity index (χ2v) is 8.24. The third-order valence-corrected chi connectivity index (χ3v) is 6.18. The summed E-state index contributed by atoms with van der Waals surface area (Å²) in [7, 11) is 0. The van der Waals surface area contributed by atoms with Gasteiger partial charge >= 0.3 is 6.08 Å². The summed E-state index contributed by atoms with van der Waals surface area (Å²) in [5, 5.41) is 8.34. The van der Waals surface area contributed by atoms with Crippen LogP contribution in [0.3, 0.4) is 0 Å². The molecule has 0 amide bonds. The second-order valence-electron chi connectivity index (χ2n) is 8.24. The third-order valence-electron chi connectivity index (χ3n) is 6.18. The van der Waals surface area contributed by atoms with E-state index in [0.29, 0.717) is 11.2 Å². The molecular weight excluding hydrogens is 403 g/mol. The summed E-state index contributed by atoms with van der Waals surface area (Å²) < 4.78 is 15.7. The number of benzene rings is 3. The number of aromatic nitrogens is 4. The standard InChI is InChI=1S/C25H21FN6/c1-15-7-9-16(10-8-15)18-4-2-6-21-19(18)5-3-13-31(21)23-20-12-11-17(27)14-22(20)32-24(26)29-30-25(32)28-23/h2,4,6-12,14H,3,5,13,27H2,1H3. The van der Waals surface area contributed by atoms with E-state index in [1.807, 2.05) is 12.1 Å². The summed E-state index contributed by atoms with van der Waals surface area (Å²) in [6.07, 6.45) is 1.28. The van der Waals surface area contributed by atoms with Crippen LogP contribution in [-0.4, -0.2) is 26.1 Å². The first-order valence-electron chi connectivity index (χ1n) is 10.7. The van der Waals surface area contributed by atoms with Gasteiger partial charge in [-0.05, 0) is 60.7 Å². The monoisotopic (exact) mass is 424 g/mol. The van der Waals surface area contributed by atoms with E-state index in [9.17, 15) is 4.39 Å². The summed E-state index contributed by atoms with van der Waals surface area (Å²) in [5.41, 5.74) is 13.3. The van der Waals surface area contributed by atoms with E-state index < -0.39 is 6.08 Å². The number of aryl methyl sites for hydroxylation is 1. The van der Waals surface area contributed by atoms with E-state index in [4.69, 9.17) is 10.7 Å². The molecule has 0 saturated heterocycles. The highest BCUT2D eigenvalue weighted by Crippen LogP contribution is 2.40. The first-order chi connectivity index (χ1) is 15.6. The Labute approximate surface area is 184 Å². The summed E-state index contributed by atoms with van der Waals surface area (Å²) >= 11 is 0. The molecule has 0 aliphatic carbocycles. The molecule has 0 atom stereocenters. The van der Waals surface area contributed by atoms with Crippen LogP contribution in [0.5, 0.6) is 0 Å². The second kappa shape index (κ2) is 7.02. The Kier molecular flexibility index (Phi) is 4.11. The Balaban J connectivity index is 1.58. The summed E-state index contributed by atoms with van der Waals surface area (Å²) in [6.45, 7) is 2.91. The van der Waals surface area contributed by atoms with Gasteiger partial charge in [0, 0.05) is 23.3 Å².